The van der Waals surface area contributed by atoms with Gasteiger partial charge in [0.2, 0.25) is 0 Å². The van der Waals surface area contributed by atoms with Crippen LogP contribution in [0.15, 0.2) is 47.1 Å². The summed E-state index contributed by atoms with van der Waals surface area (Å²) in [6, 6.07) is 9.09. The van der Waals surface area contributed by atoms with Crippen molar-refractivity contribution >= 4 is 51.6 Å². The summed E-state index contributed by atoms with van der Waals surface area (Å²) in [5.74, 6) is 0.671. The van der Waals surface area contributed by atoms with E-state index >= 15 is 0 Å². The number of rotatable bonds is 7. The maximum absolute atomic E-state index is 13.0. The second-order valence-electron chi connectivity index (χ2n) is 6.25. The molecule has 0 fully saturated rings. The van der Waals surface area contributed by atoms with Crippen molar-refractivity contribution in [2.45, 2.75) is 23.6 Å². The molecule has 0 saturated carbocycles. The van der Waals surface area contributed by atoms with Crippen LogP contribution in [0.25, 0.3) is 10.2 Å². The van der Waals surface area contributed by atoms with Crippen LogP contribution in [0.2, 0.25) is 0 Å². The maximum Gasteiger partial charge on any atom is 0.326 e. The van der Waals surface area contributed by atoms with Crippen molar-refractivity contribution in [2.24, 2.45) is 0 Å². The number of tetrazole rings is 1. The lowest BCUT2D eigenvalue weighted by molar-refractivity contribution is 0.256. The van der Waals surface area contributed by atoms with Crippen LogP contribution in [0.4, 0.5) is 16.2 Å². The van der Waals surface area contributed by atoms with E-state index in [9.17, 15) is 4.79 Å². The Morgan fingerprint density at radius 3 is 2.86 bits per heavy atom. The molecule has 11 heteroatoms. The third-order valence-electron chi connectivity index (χ3n) is 4.27. The van der Waals surface area contributed by atoms with Gasteiger partial charge in [0.1, 0.15) is 4.34 Å². The minimum Gasteiger partial charge on any atom is -0.307 e. The standard InChI is InChI=1S/C18H18N8OS2/c27-17(20-12-6-8-19-9-7-12)26(10-2-1-3-16-22-24-25-23-16)13-4-5-14-15(11-13)29-18(28)21-14/h4-9,11H,1-3,10H2,(H,21,28)(H,19,20,27)(H,22,23,24,25). The van der Waals surface area contributed by atoms with Gasteiger partial charge in [-0.05, 0) is 43.2 Å². The summed E-state index contributed by atoms with van der Waals surface area (Å²) >= 11 is 5.81. The van der Waals surface area contributed by atoms with Crippen LogP contribution < -0.4 is 10.2 Å². The van der Waals surface area contributed by atoms with E-state index in [1.54, 1.807) is 29.4 Å². The molecule has 4 rings (SSSR count). The number of thiazole rings is 1. The van der Waals surface area contributed by atoms with Crippen LogP contribution in [-0.2, 0) is 6.42 Å². The van der Waals surface area contributed by atoms with Crippen LogP contribution >= 0.6 is 24.0 Å². The van der Waals surface area contributed by atoms with Crippen molar-refractivity contribution in [2.75, 3.05) is 16.8 Å². The van der Waals surface area contributed by atoms with E-state index in [0.29, 0.717) is 28.8 Å². The number of carbonyl (C=O) groups is 1. The van der Waals surface area contributed by atoms with Crippen molar-refractivity contribution in [3.63, 3.8) is 0 Å². The Morgan fingerprint density at radius 1 is 1.21 bits per heavy atom. The summed E-state index contributed by atoms with van der Waals surface area (Å²) in [5, 5.41) is 16.9. The summed E-state index contributed by atoms with van der Waals surface area (Å²) < 4.78 is 1.69. The Hall–Kier alpha value is -3.05. The zero-order valence-electron chi connectivity index (χ0n) is 15.3. The number of amides is 2. The van der Waals surface area contributed by atoms with E-state index in [-0.39, 0.29) is 6.03 Å². The van der Waals surface area contributed by atoms with Gasteiger partial charge in [-0.15, -0.1) is 34.2 Å². The van der Waals surface area contributed by atoms with Crippen LogP contribution in [0, 0.1) is 0 Å². The first-order valence-electron chi connectivity index (χ1n) is 8.99. The van der Waals surface area contributed by atoms with Gasteiger partial charge >= 0.3 is 6.03 Å². The number of aromatic amines is 1. The fraction of sp³-hybridized carbons (Fsp3) is 0.222. The lowest BCUT2D eigenvalue weighted by atomic mass is 10.2. The average molecular weight is 427 g/mol. The Morgan fingerprint density at radius 2 is 2.07 bits per heavy atom. The number of aryl methyl sites for hydroxylation is 1. The minimum atomic E-state index is -0.203. The van der Waals surface area contributed by atoms with Crippen LogP contribution in [0.5, 0.6) is 0 Å². The van der Waals surface area contributed by atoms with Crippen LogP contribution in [-0.4, -0.2) is 43.2 Å². The molecule has 0 aliphatic carbocycles. The molecular weight excluding hydrogens is 408 g/mol. The number of aromatic nitrogens is 6. The third kappa shape index (κ3) is 4.87. The average Bonchev–Trinajstić information content (AvgIpc) is 3.36. The highest BCUT2D eigenvalue weighted by Gasteiger charge is 2.17. The predicted octanol–water partition coefficient (Wildman–Crippen LogP) is 3.55. The van der Waals surface area contributed by atoms with Gasteiger partial charge in [-0.2, -0.15) is 5.21 Å². The SMILES string of the molecule is O=C(Nc1ccncc1)N(CCCCc1nn[nH]n1)c1ccc2nc(S)sc2c1. The number of nitrogens with one attached hydrogen (secondary N) is 2. The quantitative estimate of drug-likeness (QED) is 0.308. The molecule has 4 aromatic rings. The number of carbonyl (C=O) groups excluding carboxylic acids is 1. The zero-order chi connectivity index (χ0) is 20.1. The molecule has 9 nitrogen and oxygen atoms in total. The summed E-state index contributed by atoms with van der Waals surface area (Å²) in [6.07, 6.45) is 5.61. The van der Waals surface area contributed by atoms with Crippen LogP contribution in [0.3, 0.4) is 0 Å². The van der Waals surface area contributed by atoms with Gasteiger partial charge in [-0.25, -0.2) is 9.78 Å². The fourth-order valence-corrected chi connectivity index (χ4v) is 4.03. The Balaban J connectivity index is 1.50. The summed E-state index contributed by atoms with van der Waals surface area (Å²) in [5.41, 5.74) is 2.37. The summed E-state index contributed by atoms with van der Waals surface area (Å²) in [7, 11) is 0. The lowest BCUT2D eigenvalue weighted by Crippen LogP contribution is -2.35. The number of thiol groups is 1. The van der Waals surface area contributed by atoms with Crippen molar-refractivity contribution in [3.05, 3.63) is 48.5 Å². The zero-order valence-corrected chi connectivity index (χ0v) is 17.0. The second kappa shape index (κ2) is 8.97. The molecule has 148 valence electrons. The number of pyridine rings is 1. The van der Waals surface area contributed by atoms with E-state index in [1.165, 1.54) is 11.3 Å². The molecule has 0 saturated heterocycles. The van der Waals surface area contributed by atoms with Crippen molar-refractivity contribution in [1.82, 2.24) is 30.6 Å². The number of fused-ring (bicyclic) bond motifs is 1. The summed E-state index contributed by atoms with van der Waals surface area (Å²) in [4.78, 5) is 23.1. The van der Waals surface area contributed by atoms with Crippen molar-refractivity contribution in [3.8, 4) is 0 Å². The van der Waals surface area contributed by atoms with E-state index in [1.807, 2.05) is 18.2 Å². The maximum atomic E-state index is 13.0. The number of unbranched alkanes of at least 4 members (excludes halogenated alkanes) is 1. The highest BCUT2D eigenvalue weighted by molar-refractivity contribution is 7.82. The fourth-order valence-electron chi connectivity index (χ4n) is 2.88. The molecule has 0 radical (unpaired) electrons. The smallest absolute Gasteiger partial charge is 0.307 e. The van der Waals surface area contributed by atoms with Crippen LogP contribution in [0.1, 0.15) is 18.7 Å². The first kappa shape index (κ1) is 19.3. The summed E-state index contributed by atoms with van der Waals surface area (Å²) in [6.45, 7) is 0.548. The topological polar surface area (TPSA) is 113 Å². The molecule has 0 aliphatic heterocycles. The molecule has 0 spiro atoms. The number of hydrogen-bond acceptors (Lipinski definition) is 8. The van der Waals surface area contributed by atoms with E-state index in [4.69, 9.17) is 0 Å². The first-order chi connectivity index (χ1) is 14.2. The molecule has 0 bridgehead atoms. The second-order valence-corrected chi connectivity index (χ2v) is 8.01. The van der Waals surface area contributed by atoms with Gasteiger partial charge in [-0.1, -0.05) is 5.21 Å². The normalized spacial score (nSPS) is 10.9. The highest BCUT2D eigenvalue weighted by Crippen LogP contribution is 2.29. The Kier molecular flexibility index (Phi) is 5.96. The number of H-pyrrole nitrogens is 1. The molecule has 29 heavy (non-hydrogen) atoms. The minimum absolute atomic E-state index is 0.203. The van der Waals surface area contributed by atoms with Gasteiger partial charge in [0.25, 0.3) is 0 Å². The molecule has 2 N–H and O–H groups in total. The van der Waals surface area contributed by atoms with Gasteiger partial charge in [0.05, 0.1) is 10.2 Å². The number of anilines is 2. The molecule has 3 heterocycles. The molecule has 2 amide bonds. The first-order valence-corrected chi connectivity index (χ1v) is 10.3. The molecule has 1 aromatic carbocycles. The molecular formula is C18H18N8OS2. The Labute approximate surface area is 176 Å². The third-order valence-corrected chi connectivity index (χ3v) is 5.47. The monoisotopic (exact) mass is 426 g/mol. The van der Waals surface area contributed by atoms with Gasteiger partial charge in [-0.3, -0.25) is 9.88 Å². The molecule has 3 aromatic heterocycles. The number of benzene rings is 1. The van der Waals surface area contributed by atoms with Gasteiger partial charge in [0, 0.05) is 36.7 Å². The van der Waals surface area contributed by atoms with E-state index in [2.05, 4.69) is 48.5 Å². The largest absolute Gasteiger partial charge is 0.326 e. The molecule has 0 aliphatic rings. The van der Waals surface area contributed by atoms with E-state index < -0.39 is 0 Å². The van der Waals surface area contributed by atoms with Gasteiger partial charge < -0.3 is 5.32 Å². The molecule has 0 unspecified atom stereocenters. The number of nitrogens with zero attached hydrogens (tertiary/aromatic N) is 6. The lowest BCUT2D eigenvalue weighted by Gasteiger charge is -2.23. The Bertz CT molecular complexity index is 1080. The van der Waals surface area contributed by atoms with Gasteiger partial charge in [0.15, 0.2) is 5.82 Å². The highest BCUT2D eigenvalue weighted by atomic mass is 32.2. The molecule has 0 atom stereocenters. The number of urea groups is 1. The number of hydrogen-bond donors (Lipinski definition) is 3. The van der Waals surface area contributed by atoms with Crippen molar-refractivity contribution in [1.29, 1.82) is 0 Å². The predicted molar refractivity (Wildman–Crippen MR) is 115 cm³/mol. The van der Waals surface area contributed by atoms with E-state index in [0.717, 1.165) is 28.7 Å². The van der Waals surface area contributed by atoms with Crippen molar-refractivity contribution < 1.29 is 4.79 Å².